The molecule has 3 rings (SSSR count). The fraction of sp³-hybridized carbons (Fsp3) is 0.118. The summed E-state index contributed by atoms with van der Waals surface area (Å²) in [5, 5.41) is 3.77. The lowest BCUT2D eigenvalue weighted by Crippen LogP contribution is -2.17. The average Bonchev–Trinajstić information content (AvgIpc) is 3.05. The molecule has 1 heterocycles. The number of rotatable bonds is 5. The summed E-state index contributed by atoms with van der Waals surface area (Å²) in [4.78, 5) is -0.239. The summed E-state index contributed by atoms with van der Waals surface area (Å²) in [5.74, 6) is 0.147. The molecule has 0 saturated heterocycles. The second-order valence-corrected chi connectivity index (χ2v) is 7.62. The molecule has 0 amide bonds. The number of nitrogen functional groups attached to an aromatic ring is 1. The van der Waals surface area contributed by atoms with E-state index in [9.17, 15) is 12.8 Å². The van der Waals surface area contributed by atoms with E-state index in [1.54, 1.807) is 18.2 Å². The van der Waals surface area contributed by atoms with Crippen molar-refractivity contribution in [1.82, 2.24) is 9.19 Å². The molecule has 0 spiro atoms. The average molecular weight is 412 g/mol. The van der Waals surface area contributed by atoms with Gasteiger partial charge >= 0.3 is 0 Å². The maximum absolute atomic E-state index is 13.3. The van der Waals surface area contributed by atoms with Crippen LogP contribution in [0.15, 0.2) is 47.4 Å². The second-order valence-electron chi connectivity index (χ2n) is 5.44. The summed E-state index contributed by atoms with van der Waals surface area (Å²) < 4.78 is 50.1. The van der Waals surface area contributed by atoms with Crippen molar-refractivity contribution >= 4 is 27.4 Å². The molecule has 2 aromatic carbocycles. The van der Waals surface area contributed by atoms with Gasteiger partial charge in [0.15, 0.2) is 0 Å². The second kappa shape index (κ2) is 7.09. The van der Waals surface area contributed by atoms with Crippen molar-refractivity contribution in [2.24, 2.45) is 0 Å². The van der Waals surface area contributed by atoms with Crippen molar-refractivity contribution in [1.29, 1.82) is 0 Å². The molecule has 0 bridgehead atoms. The van der Waals surface area contributed by atoms with E-state index in [1.165, 1.54) is 20.3 Å². The van der Waals surface area contributed by atoms with Gasteiger partial charge in [-0.3, -0.25) is 0 Å². The predicted octanol–water partition coefficient (Wildman–Crippen LogP) is 3.18. The number of nitrogens with two attached hydrogens (primary N) is 1. The van der Waals surface area contributed by atoms with E-state index in [-0.39, 0.29) is 21.4 Å². The lowest BCUT2D eigenvalue weighted by Gasteiger charge is -2.09. The Morgan fingerprint density at radius 2 is 1.85 bits per heavy atom. The Morgan fingerprint density at radius 3 is 2.48 bits per heavy atom. The fourth-order valence-electron chi connectivity index (χ4n) is 2.45. The number of hydrogen-bond donors (Lipinski definition) is 1. The van der Waals surface area contributed by atoms with Crippen molar-refractivity contribution < 1.29 is 22.3 Å². The molecule has 1 aromatic heterocycles. The topological polar surface area (TPSA) is 96.4 Å². The van der Waals surface area contributed by atoms with Gasteiger partial charge in [0, 0.05) is 17.7 Å². The zero-order valence-corrected chi connectivity index (χ0v) is 15.9. The van der Waals surface area contributed by atoms with Crippen molar-refractivity contribution in [3.63, 3.8) is 0 Å². The van der Waals surface area contributed by atoms with E-state index in [1.807, 2.05) is 0 Å². The van der Waals surface area contributed by atoms with E-state index in [0.717, 1.165) is 18.2 Å². The van der Waals surface area contributed by atoms with Gasteiger partial charge in [0.1, 0.15) is 23.1 Å². The van der Waals surface area contributed by atoms with Crippen molar-refractivity contribution in [2.45, 2.75) is 4.90 Å². The van der Waals surface area contributed by atoms with Crippen LogP contribution in [0.1, 0.15) is 0 Å². The lowest BCUT2D eigenvalue weighted by molar-refractivity contribution is 0.395. The molecule has 142 valence electrons. The van der Waals surface area contributed by atoms with Gasteiger partial charge < -0.3 is 15.2 Å². The molecular weight excluding hydrogens is 397 g/mol. The molecule has 0 unspecified atom stereocenters. The number of hydrogen-bond acceptors (Lipinski definition) is 6. The zero-order valence-electron chi connectivity index (χ0n) is 14.3. The highest BCUT2D eigenvalue weighted by Crippen LogP contribution is 2.34. The standard InChI is InChI=1S/C17H15ClFN3O4S/c1-25-10-3-5-12(16(7-10)26-2)15-9-17(20)22(21-15)27(23,24)11-4-6-14(19)13(18)8-11/h3-9H,20H2,1-2H3. The number of anilines is 1. The minimum Gasteiger partial charge on any atom is -0.497 e. The first-order chi connectivity index (χ1) is 12.8. The van der Waals surface area contributed by atoms with Gasteiger partial charge in [0.2, 0.25) is 0 Å². The Bertz CT molecular complexity index is 1120. The molecule has 0 atom stereocenters. The first-order valence-corrected chi connectivity index (χ1v) is 9.38. The predicted molar refractivity (Wildman–Crippen MR) is 99.2 cm³/mol. The fourth-order valence-corrected chi connectivity index (χ4v) is 3.93. The zero-order chi connectivity index (χ0) is 19.8. The Hall–Kier alpha value is -2.78. The van der Waals surface area contributed by atoms with Crippen LogP contribution in [0.4, 0.5) is 10.2 Å². The minimum absolute atomic E-state index is 0.122. The monoisotopic (exact) mass is 411 g/mol. The molecule has 0 aliphatic heterocycles. The van der Waals surface area contributed by atoms with Crippen molar-refractivity contribution in [2.75, 3.05) is 20.0 Å². The molecule has 2 N–H and O–H groups in total. The third-order valence-corrected chi connectivity index (χ3v) is 5.69. The normalized spacial score (nSPS) is 11.4. The number of methoxy groups -OCH3 is 2. The van der Waals surface area contributed by atoms with Crippen molar-refractivity contribution in [3.05, 3.63) is 53.3 Å². The maximum atomic E-state index is 13.3. The number of ether oxygens (including phenoxy) is 2. The Labute approximate surface area is 160 Å². The van der Waals surface area contributed by atoms with Crippen LogP contribution in [-0.2, 0) is 10.0 Å². The van der Waals surface area contributed by atoms with Crippen LogP contribution in [0.2, 0.25) is 5.02 Å². The Morgan fingerprint density at radius 1 is 1.11 bits per heavy atom. The van der Waals surface area contributed by atoms with Crippen LogP contribution < -0.4 is 15.2 Å². The lowest BCUT2D eigenvalue weighted by atomic mass is 10.1. The molecule has 27 heavy (non-hydrogen) atoms. The van der Waals surface area contributed by atoms with Crippen LogP contribution in [0.5, 0.6) is 11.5 Å². The largest absolute Gasteiger partial charge is 0.497 e. The maximum Gasteiger partial charge on any atom is 0.284 e. The summed E-state index contributed by atoms with van der Waals surface area (Å²) in [6.07, 6.45) is 0. The summed E-state index contributed by atoms with van der Waals surface area (Å²) in [6.45, 7) is 0. The Balaban J connectivity index is 2.10. The molecule has 0 fully saturated rings. The summed E-state index contributed by atoms with van der Waals surface area (Å²) in [5.41, 5.74) is 6.67. The van der Waals surface area contributed by atoms with E-state index in [4.69, 9.17) is 26.8 Å². The Kier molecular flexibility index (Phi) is 4.99. The van der Waals surface area contributed by atoms with Gasteiger partial charge in [-0.2, -0.15) is 13.5 Å². The molecule has 0 radical (unpaired) electrons. The quantitative estimate of drug-likeness (QED) is 0.692. The van der Waals surface area contributed by atoms with Gasteiger partial charge in [0.05, 0.1) is 29.8 Å². The van der Waals surface area contributed by atoms with Gasteiger partial charge in [-0.15, -0.1) is 4.09 Å². The van der Waals surface area contributed by atoms with Crippen molar-refractivity contribution in [3.8, 4) is 22.8 Å². The first-order valence-electron chi connectivity index (χ1n) is 7.56. The molecule has 7 nitrogen and oxygen atoms in total. The highest BCUT2D eigenvalue weighted by Gasteiger charge is 2.24. The smallest absolute Gasteiger partial charge is 0.284 e. The first kappa shape index (κ1) is 19.0. The number of aromatic nitrogens is 2. The molecule has 10 heteroatoms. The highest BCUT2D eigenvalue weighted by molar-refractivity contribution is 7.90. The molecule has 0 saturated carbocycles. The molecular formula is C17H15ClFN3O4S. The van der Waals surface area contributed by atoms with Crippen LogP contribution >= 0.6 is 11.6 Å². The van der Waals surface area contributed by atoms with E-state index in [0.29, 0.717) is 21.1 Å². The van der Waals surface area contributed by atoms with Gasteiger partial charge in [0.25, 0.3) is 10.0 Å². The summed E-state index contributed by atoms with van der Waals surface area (Å²) in [6, 6.07) is 9.44. The third kappa shape index (κ3) is 3.43. The molecule has 0 aliphatic rings. The SMILES string of the molecule is COc1ccc(-c2cc(N)n(S(=O)(=O)c3ccc(F)c(Cl)c3)n2)c(OC)c1. The summed E-state index contributed by atoms with van der Waals surface area (Å²) >= 11 is 5.69. The summed E-state index contributed by atoms with van der Waals surface area (Å²) in [7, 11) is -1.18. The minimum atomic E-state index is -4.16. The van der Waals surface area contributed by atoms with Gasteiger partial charge in [-0.05, 0) is 30.3 Å². The molecule has 3 aromatic rings. The number of halogens is 2. The number of benzene rings is 2. The van der Waals surface area contributed by atoms with Crippen LogP contribution in [0.3, 0.4) is 0 Å². The van der Waals surface area contributed by atoms with Crippen LogP contribution in [-0.4, -0.2) is 31.8 Å². The van der Waals surface area contributed by atoms with E-state index < -0.39 is 15.8 Å². The van der Waals surface area contributed by atoms with Crippen LogP contribution in [0, 0.1) is 5.82 Å². The van der Waals surface area contributed by atoms with Gasteiger partial charge in [-0.1, -0.05) is 11.6 Å². The van der Waals surface area contributed by atoms with E-state index in [2.05, 4.69) is 5.10 Å². The number of nitrogens with zero attached hydrogens (tertiary/aromatic N) is 2. The van der Waals surface area contributed by atoms with E-state index >= 15 is 0 Å². The van der Waals surface area contributed by atoms with Gasteiger partial charge in [-0.25, -0.2) is 4.39 Å². The highest BCUT2D eigenvalue weighted by atomic mass is 35.5. The molecule has 0 aliphatic carbocycles. The third-order valence-electron chi connectivity index (χ3n) is 3.81. The van der Waals surface area contributed by atoms with Crippen LogP contribution in [0.25, 0.3) is 11.3 Å².